The highest BCUT2D eigenvalue weighted by Gasteiger charge is 2.11. The molecule has 0 saturated carbocycles. The van der Waals surface area contributed by atoms with Gasteiger partial charge in [0.15, 0.2) is 5.78 Å². The van der Waals surface area contributed by atoms with Crippen molar-refractivity contribution in [3.63, 3.8) is 0 Å². The third-order valence-corrected chi connectivity index (χ3v) is 2.17. The van der Waals surface area contributed by atoms with E-state index in [2.05, 4.69) is 0 Å². The fraction of sp³-hybridized carbons (Fsp3) is 0.357. The lowest BCUT2D eigenvalue weighted by Gasteiger charge is -2.08. The monoisotopic (exact) mass is 234 g/mol. The fourth-order valence-corrected chi connectivity index (χ4v) is 1.37. The second-order valence-corrected chi connectivity index (χ2v) is 3.44. The molecule has 0 N–H and O–H groups in total. The van der Waals surface area contributed by atoms with Gasteiger partial charge in [0.25, 0.3) is 0 Å². The SMILES string of the molecule is CC=CCOCC(=O)c1ccccc1OCC. The Bertz CT molecular complexity index is 383. The van der Waals surface area contributed by atoms with E-state index < -0.39 is 0 Å². The summed E-state index contributed by atoms with van der Waals surface area (Å²) in [6, 6.07) is 7.22. The quantitative estimate of drug-likeness (QED) is 0.413. The van der Waals surface area contributed by atoms with Crippen molar-refractivity contribution in [1.82, 2.24) is 0 Å². The lowest BCUT2D eigenvalue weighted by molar-refractivity contribution is 0.0802. The molecular formula is C14H18O3. The molecule has 1 aromatic carbocycles. The standard InChI is InChI=1S/C14H18O3/c1-3-5-10-16-11-13(15)12-8-6-7-9-14(12)17-4-2/h3,5-9H,4,10-11H2,1-2H3. The first-order valence-corrected chi connectivity index (χ1v) is 5.73. The van der Waals surface area contributed by atoms with Gasteiger partial charge in [-0.25, -0.2) is 0 Å². The second kappa shape index (κ2) is 7.63. The van der Waals surface area contributed by atoms with Crippen LogP contribution in [0.1, 0.15) is 24.2 Å². The molecule has 1 aromatic rings. The zero-order valence-corrected chi connectivity index (χ0v) is 10.3. The predicted molar refractivity (Wildman–Crippen MR) is 67.6 cm³/mol. The van der Waals surface area contributed by atoms with Crippen LogP contribution in [-0.2, 0) is 4.74 Å². The van der Waals surface area contributed by atoms with Crippen LogP contribution in [0.4, 0.5) is 0 Å². The van der Waals surface area contributed by atoms with Gasteiger partial charge >= 0.3 is 0 Å². The Labute approximate surface area is 102 Å². The van der Waals surface area contributed by atoms with Crippen LogP contribution in [0.3, 0.4) is 0 Å². The minimum atomic E-state index is -0.0569. The van der Waals surface area contributed by atoms with E-state index >= 15 is 0 Å². The molecule has 0 saturated heterocycles. The van der Waals surface area contributed by atoms with Crippen LogP contribution in [0.2, 0.25) is 0 Å². The van der Waals surface area contributed by atoms with Gasteiger partial charge in [-0.3, -0.25) is 4.79 Å². The molecule has 0 unspecified atom stereocenters. The molecule has 0 bridgehead atoms. The Morgan fingerprint density at radius 2 is 2.12 bits per heavy atom. The summed E-state index contributed by atoms with van der Waals surface area (Å²) in [5.41, 5.74) is 0.579. The number of para-hydroxylation sites is 1. The largest absolute Gasteiger partial charge is 0.493 e. The van der Waals surface area contributed by atoms with E-state index in [1.165, 1.54) is 0 Å². The normalized spacial score (nSPS) is 10.7. The van der Waals surface area contributed by atoms with Gasteiger partial charge < -0.3 is 9.47 Å². The molecule has 0 atom stereocenters. The van der Waals surface area contributed by atoms with Crippen molar-refractivity contribution in [2.24, 2.45) is 0 Å². The molecular weight excluding hydrogens is 216 g/mol. The Morgan fingerprint density at radius 1 is 1.35 bits per heavy atom. The molecule has 17 heavy (non-hydrogen) atoms. The predicted octanol–water partition coefficient (Wildman–Crippen LogP) is 2.86. The van der Waals surface area contributed by atoms with Gasteiger partial charge in [0.05, 0.1) is 18.8 Å². The van der Waals surface area contributed by atoms with E-state index in [4.69, 9.17) is 9.47 Å². The van der Waals surface area contributed by atoms with E-state index in [9.17, 15) is 4.79 Å². The van der Waals surface area contributed by atoms with Gasteiger partial charge in [0.1, 0.15) is 12.4 Å². The number of ketones is 1. The van der Waals surface area contributed by atoms with Gasteiger partial charge in [0, 0.05) is 0 Å². The molecule has 0 amide bonds. The highest BCUT2D eigenvalue weighted by molar-refractivity contribution is 5.99. The summed E-state index contributed by atoms with van der Waals surface area (Å²) in [7, 11) is 0. The Hall–Kier alpha value is -1.61. The zero-order chi connectivity index (χ0) is 12.5. The smallest absolute Gasteiger partial charge is 0.192 e. The maximum absolute atomic E-state index is 11.9. The van der Waals surface area contributed by atoms with Gasteiger partial charge in [-0.15, -0.1) is 0 Å². The minimum absolute atomic E-state index is 0.0569. The van der Waals surface area contributed by atoms with Crippen molar-refractivity contribution in [3.8, 4) is 5.75 Å². The fourth-order valence-electron chi connectivity index (χ4n) is 1.37. The first kappa shape index (κ1) is 13.5. The molecule has 0 spiro atoms. The number of hydrogen-bond donors (Lipinski definition) is 0. The van der Waals surface area contributed by atoms with Crippen molar-refractivity contribution < 1.29 is 14.3 Å². The summed E-state index contributed by atoms with van der Waals surface area (Å²) >= 11 is 0. The Balaban J connectivity index is 2.61. The van der Waals surface area contributed by atoms with Gasteiger partial charge in [-0.1, -0.05) is 24.3 Å². The number of benzene rings is 1. The van der Waals surface area contributed by atoms with Crippen LogP contribution in [0.5, 0.6) is 5.75 Å². The summed E-state index contributed by atoms with van der Waals surface area (Å²) in [4.78, 5) is 11.9. The first-order chi connectivity index (χ1) is 8.29. The first-order valence-electron chi connectivity index (χ1n) is 5.73. The molecule has 0 radical (unpaired) electrons. The van der Waals surface area contributed by atoms with Crippen LogP contribution >= 0.6 is 0 Å². The highest BCUT2D eigenvalue weighted by Crippen LogP contribution is 2.18. The third-order valence-electron chi connectivity index (χ3n) is 2.17. The topological polar surface area (TPSA) is 35.5 Å². The molecule has 3 heteroatoms. The zero-order valence-electron chi connectivity index (χ0n) is 10.3. The van der Waals surface area contributed by atoms with E-state index in [0.29, 0.717) is 24.5 Å². The highest BCUT2D eigenvalue weighted by atomic mass is 16.5. The molecule has 0 aliphatic heterocycles. The van der Waals surface area contributed by atoms with Crippen LogP contribution in [0.15, 0.2) is 36.4 Å². The van der Waals surface area contributed by atoms with E-state index in [1.54, 1.807) is 12.1 Å². The maximum Gasteiger partial charge on any atom is 0.192 e. The number of hydrogen-bond acceptors (Lipinski definition) is 3. The number of allylic oxidation sites excluding steroid dienone is 1. The van der Waals surface area contributed by atoms with Crippen LogP contribution in [-0.4, -0.2) is 25.6 Å². The summed E-state index contributed by atoms with van der Waals surface area (Å²) in [6.07, 6.45) is 3.75. The van der Waals surface area contributed by atoms with Crippen LogP contribution < -0.4 is 4.74 Å². The van der Waals surface area contributed by atoms with E-state index in [-0.39, 0.29) is 12.4 Å². The maximum atomic E-state index is 11.9. The number of carbonyl (C=O) groups is 1. The number of Topliss-reactive ketones (excluding diaryl/α,β-unsaturated/α-hetero) is 1. The Morgan fingerprint density at radius 3 is 2.82 bits per heavy atom. The van der Waals surface area contributed by atoms with Crippen molar-refractivity contribution >= 4 is 5.78 Å². The van der Waals surface area contributed by atoms with E-state index in [0.717, 1.165) is 0 Å². The average molecular weight is 234 g/mol. The van der Waals surface area contributed by atoms with Crippen LogP contribution in [0.25, 0.3) is 0 Å². The third kappa shape index (κ3) is 4.41. The Kier molecular flexibility index (Phi) is 6.04. The summed E-state index contributed by atoms with van der Waals surface area (Å²) < 4.78 is 10.6. The van der Waals surface area contributed by atoms with Gasteiger partial charge in [-0.05, 0) is 26.0 Å². The minimum Gasteiger partial charge on any atom is -0.493 e. The summed E-state index contributed by atoms with van der Waals surface area (Å²) in [5.74, 6) is 0.563. The molecule has 92 valence electrons. The van der Waals surface area contributed by atoms with Crippen molar-refractivity contribution in [1.29, 1.82) is 0 Å². The molecule has 3 nitrogen and oxygen atoms in total. The summed E-state index contributed by atoms with van der Waals surface area (Å²) in [6.45, 7) is 4.89. The second-order valence-electron chi connectivity index (χ2n) is 3.44. The van der Waals surface area contributed by atoms with Gasteiger partial charge in [-0.2, -0.15) is 0 Å². The molecule has 1 rings (SSSR count). The molecule has 0 aliphatic rings. The van der Waals surface area contributed by atoms with E-state index in [1.807, 2.05) is 38.1 Å². The summed E-state index contributed by atoms with van der Waals surface area (Å²) in [5, 5.41) is 0. The number of ether oxygens (including phenoxy) is 2. The van der Waals surface area contributed by atoms with Crippen molar-refractivity contribution in [3.05, 3.63) is 42.0 Å². The average Bonchev–Trinajstić information content (AvgIpc) is 2.35. The van der Waals surface area contributed by atoms with Crippen LogP contribution in [0, 0.1) is 0 Å². The molecule has 0 fully saturated rings. The molecule has 0 aromatic heterocycles. The van der Waals surface area contributed by atoms with Gasteiger partial charge in [0.2, 0.25) is 0 Å². The number of rotatable bonds is 7. The lowest BCUT2D eigenvalue weighted by atomic mass is 10.1. The molecule has 0 aliphatic carbocycles. The van der Waals surface area contributed by atoms with Crippen molar-refractivity contribution in [2.45, 2.75) is 13.8 Å². The van der Waals surface area contributed by atoms with Crippen molar-refractivity contribution in [2.75, 3.05) is 19.8 Å². The molecule has 0 heterocycles. The number of carbonyl (C=O) groups excluding carboxylic acids is 1. The lowest BCUT2D eigenvalue weighted by Crippen LogP contribution is -2.11.